The van der Waals surface area contributed by atoms with Crippen LogP contribution in [0.25, 0.3) is 22.0 Å². The van der Waals surface area contributed by atoms with E-state index in [2.05, 4.69) is 31.3 Å². The van der Waals surface area contributed by atoms with Crippen molar-refractivity contribution in [2.24, 2.45) is 0 Å². The van der Waals surface area contributed by atoms with E-state index >= 15 is 0 Å². The molecule has 136 valence electrons. The van der Waals surface area contributed by atoms with Crippen LogP contribution in [0.1, 0.15) is 12.5 Å². The van der Waals surface area contributed by atoms with Crippen molar-refractivity contribution in [3.63, 3.8) is 0 Å². The van der Waals surface area contributed by atoms with Gasteiger partial charge in [0.15, 0.2) is 11.0 Å². The first-order valence-electron chi connectivity index (χ1n) is 8.45. The van der Waals surface area contributed by atoms with E-state index < -0.39 is 0 Å². The summed E-state index contributed by atoms with van der Waals surface area (Å²) in [5.74, 6) is 1.54. The lowest BCUT2D eigenvalue weighted by molar-refractivity contribution is 0.688. The molecule has 0 amide bonds. The van der Waals surface area contributed by atoms with Crippen molar-refractivity contribution in [1.29, 1.82) is 0 Å². The third-order valence-corrected chi connectivity index (χ3v) is 6.19. The average molecular weight is 414 g/mol. The minimum Gasteiger partial charge on any atom is -0.302 e. The highest BCUT2D eigenvalue weighted by atomic mass is 35.5. The van der Waals surface area contributed by atoms with Gasteiger partial charge in [0.2, 0.25) is 0 Å². The van der Waals surface area contributed by atoms with Crippen LogP contribution >= 0.6 is 34.9 Å². The van der Waals surface area contributed by atoms with E-state index in [1.54, 1.807) is 11.8 Å². The zero-order valence-corrected chi connectivity index (χ0v) is 16.9. The molecule has 27 heavy (non-hydrogen) atoms. The summed E-state index contributed by atoms with van der Waals surface area (Å²) in [6.45, 7) is 2.85. The summed E-state index contributed by atoms with van der Waals surface area (Å²) in [6.07, 6.45) is 0. The van der Waals surface area contributed by atoms with Crippen LogP contribution in [-0.2, 0) is 12.3 Å². The predicted molar refractivity (Wildman–Crippen MR) is 111 cm³/mol. The molecule has 2 heterocycles. The number of benzene rings is 2. The molecule has 0 aliphatic carbocycles. The Bertz CT molecular complexity index is 1050. The third kappa shape index (κ3) is 3.76. The Balaban J connectivity index is 1.65. The second-order valence-electron chi connectivity index (χ2n) is 5.75. The van der Waals surface area contributed by atoms with Crippen LogP contribution in [0.3, 0.4) is 0 Å². The molecule has 0 saturated heterocycles. The SMILES string of the molecule is CCn1c(SCc2ccccc2Cl)nnc1-c1snnc1-c1ccccc1. The summed E-state index contributed by atoms with van der Waals surface area (Å²) in [5.41, 5.74) is 2.95. The first-order valence-corrected chi connectivity index (χ1v) is 10.6. The molecule has 0 spiro atoms. The fraction of sp³-hybridized carbons (Fsp3) is 0.158. The van der Waals surface area contributed by atoms with Gasteiger partial charge in [-0.05, 0) is 30.1 Å². The molecule has 0 radical (unpaired) electrons. The van der Waals surface area contributed by atoms with Gasteiger partial charge >= 0.3 is 0 Å². The zero-order chi connectivity index (χ0) is 18.6. The van der Waals surface area contributed by atoms with Gasteiger partial charge in [0.05, 0.1) is 0 Å². The van der Waals surface area contributed by atoms with E-state index in [1.165, 1.54) is 11.5 Å². The number of rotatable bonds is 6. The molecule has 0 saturated carbocycles. The Morgan fingerprint density at radius 2 is 1.78 bits per heavy atom. The molecule has 0 atom stereocenters. The van der Waals surface area contributed by atoms with Gasteiger partial charge < -0.3 is 4.57 Å². The number of nitrogens with zero attached hydrogens (tertiary/aromatic N) is 5. The number of aromatic nitrogens is 5. The van der Waals surface area contributed by atoms with Crippen molar-refractivity contribution in [3.8, 4) is 22.0 Å². The standard InChI is InChI=1S/C19H16ClN5S2/c1-2-25-18(17-16(21-24-27-17)13-8-4-3-5-9-13)22-23-19(25)26-12-14-10-6-7-11-15(14)20/h3-11H,2,12H2,1H3. The molecular weight excluding hydrogens is 398 g/mol. The maximum absolute atomic E-state index is 6.27. The van der Waals surface area contributed by atoms with Crippen LogP contribution in [0.4, 0.5) is 0 Å². The van der Waals surface area contributed by atoms with Crippen molar-refractivity contribution in [2.75, 3.05) is 0 Å². The van der Waals surface area contributed by atoms with E-state index in [-0.39, 0.29) is 0 Å². The van der Waals surface area contributed by atoms with Gasteiger partial charge in [-0.25, -0.2) is 0 Å². The summed E-state index contributed by atoms with van der Waals surface area (Å²) in [4.78, 5) is 0.931. The second-order valence-corrected chi connectivity index (χ2v) is 7.85. The molecule has 2 aromatic heterocycles. The number of hydrogen-bond donors (Lipinski definition) is 0. The summed E-state index contributed by atoms with van der Waals surface area (Å²) in [7, 11) is 0. The Morgan fingerprint density at radius 3 is 2.56 bits per heavy atom. The summed E-state index contributed by atoms with van der Waals surface area (Å²) >= 11 is 9.24. The highest BCUT2D eigenvalue weighted by Gasteiger charge is 2.20. The lowest BCUT2D eigenvalue weighted by atomic mass is 10.1. The molecular formula is C19H16ClN5S2. The minimum absolute atomic E-state index is 0.740. The van der Waals surface area contributed by atoms with Crippen LogP contribution in [0.5, 0.6) is 0 Å². The van der Waals surface area contributed by atoms with Gasteiger partial charge in [0.25, 0.3) is 0 Å². The summed E-state index contributed by atoms with van der Waals surface area (Å²) < 4.78 is 6.25. The van der Waals surface area contributed by atoms with Gasteiger partial charge in [0, 0.05) is 22.9 Å². The Morgan fingerprint density at radius 1 is 1.00 bits per heavy atom. The molecule has 8 heteroatoms. The van der Waals surface area contributed by atoms with E-state index in [4.69, 9.17) is 11.6 Å². The largest absolute Gasteiger partial charge is 0.302 e. The lowest BCUT2D eigenvalue weighted by Gasteiger charge is -2.07. The van der Waals surface area contributed by atoms with E-state index in [0.717, 1.165) is 50.0 Å². The summed E-state index contributed by atoms with van der Waals surface area (Å²) in [6, 6.07) is 17.9. The molecule has 5 nitrogen and oxygen atoms in total. The van der Waals surface area contributed by atoms with Crippen molar-refractivity contribution >= 4 is 34.9 Å². The highest BCUT2D eigenvalue weighted by molar-refractivity contribution is 7.98. The molecule has 0 aliphatic rings. The van der Waals surface area contributed by atoms with Crippen LogP contribution in [0, 0.1) is 0 Å². The van der Waals surface area contributed by atoms with Gasteiger partial charge in [-0.15, -0.1) is 15.3 Å². The van der Waals surface area contributed by atoms with Crippen LogP contribution in [-0.4, -0.2) is 24.4 Å². The molecule has 4 aromatic rings. The van der Waals surface area contributed by atoms with Gasteiger partial charge in [-0.2, -0.15) is 0 Å². The van der Waals surface area contributed by atoms with Crippen LogP contribution in [0.2, 0.25) is 5.02 Å². The van der Waals surface area contributed by atoms with Crippen LogP contribution < -0.4 is 0 Å². The first-order chi connectivity index (χ1) is 13.3. The minimum atomic E-state index is 0.740. The van der Waals surface area contributed by atoms with Gasteiger partial charge in [0.1, 0.15) is 10.6 Å². The van der Waals surface area contributed by atoms with Gasteiger partial charge in [-0.1, -0.05) is 76.4 Å². The van der Waals surface area contributed by atoms with Crippen molar-refractivity contribution in [1.82, 2.24) is 24.4 Å². The molecule has 0 aliphatic heterocycles. The maximum Gasteiger partial charge on any atom is 0.191 e. The zero-order valence-electron chi connectivity index (χ0n) is 14.5. The molecule has 0 unspecified atom stereocenters. The molecule has 0 fully saturated rings. The topological polar surface area (TPSA) is 56.5 Å². The Kier molecular flexibility index (Phi) is 5.52. The fourth-order valence-electron chi connectivity index (χ4n) is 2.73. The van der Waals surface area contributed by atoms with Crippen molar-refractivity contribution in [2.45, 2.75) is 24.4 Å². The number of halogens is 1. The van der Waals surface area contributed by atoms with E-state index in [0.29, 0.717) is 0 Å². The van der Waals surface area contributed by atoms with Crippen molar-refractivity contribution in [3.05, 3.63) is 65.2 Å². The van der Waals surface area contributed by atoms with Gasteiger partial charge in [-0.3, -0.25) is 0 Å². The molecule has 4 rings (SSSR count). The average Bonchev–Trinajstić information content (AvgIpc) is 3.34. The number of thioether (sulfide) groups is 1. The highest BCUT2D eigenvalue weighted by Crippen LogP contribution is 2.34. The van der Waals surface area contributed by atoms with Crippen molar-refractivity contribution < 1.29 is 0 Å². The molecule has 2 aromatic carbocycles. The Labute approximate surface area is 170 Å². The van der Waals surface area contributed by atoms with E-state index in [9.17, 15) is 0 Å². The van der Waals surface area contributed by atoms with E-state index in [1.807, 2.05) is 54.6 Å². The monoisotopic (exact) mass is 413 g/mol. The summed E-state index contributed by atoms with van der Waals surface area (Å²) in [5, 5.41) is 14.8. The number of hydrogen-bond acceptors (Lipinski definition) is 6. The third-order valence-electron chi connectivity index (χ3n) is 4.09. The Hall–Kier alpha value is -2.22. The first kappa shape index (κ1) is 18.2. The van der Waals surface area contributed by atoms with Crippen LogP contribution in [0.15, 0.2) is 59.8 Å². The fourth-order valence-corrected chi connectivity index (χ4v) is 4.70. The predicted octanol–water partition coefficient (Wildman–Crippen LogP) is 5.43. The molecule has 0 bridgehead atoms. The maximum atomic E-state index is 6.27. The quantitative estimate of drug-likeness (QED) is 0.394. The normalized spacial score (nSPS) is 11.0. The molecule has 0 N–H and O–H groups in total. The lowest BCUT2D eigenvalue weighted by Crippen LogP contribution is -2.00. The second kappa shape index (κ2) is 8.21. The smallest absolute Gasteiger partial charge is 0.191 e.